The highest BCUT2D eigenvalue weighted by atomic mass is 35.5. The average Bonchev–Trinajstić information content (AvgIpc) is 2.43. The Kier molecular flexibility index (Phi) is 5.44. The molecule has 0 bridgehead atoms. The van der Waals surface area contributed by atoms with Gasteiger partial charge in [-0.2, -0.15) is 4.98 Å². The van der Waals surface area contributed by atoms with Crippen molar-refractivity contribution in [3.63, 3.8) is 0 Å². The van der Waals surface area contributed by atoms with Crippen LogP contribution < -0.4 is 10.6 Å². The first-order chi connectivity index (χ1) is 9.69. The Balaban J connectivity index is 2.07. The van der Waals surface area contributed by atoms with Crippen LogP contribution in [0.15, 0.2) is 30.5 Å². The Morgan fingerprint density at radius 3 is 2.80 bits per heavy atom. The molecule has 0 saturated carbocycles. The highest BCUT2D eigenvalue weighted by Gasteiger charge is 2.04. The first kappa shape index (κ1) is 14.9. The molecule has 1 heterocycles. The SMILES string of the molecule is CCCCNc1ccnc(Nc2ccc(Cl)cc2Cl)n1. The third-order valence-corrected chi connectivity index (χ3v) is 3.22. The summed E-state index contributed by atoms with van der Waals surface area (Å²) in [6, 6.07) is 7.07. The van der Waals surface area contributed by atoms with Gasteiger partial charge in [0.25, 0.3) is 0 Å². The molecular weight excluding hydrogens is 295 g/mol. The lowest BCUT2D eigenvalue weighted by atomic mass is 10.3. The minimum Gasteiger partial charge on any atom is -0.370 e. The number of aromatic nitrogens is 2. The molecule has 0 spiro atoms. The van der Waals surface area contributed by atoms with E-state index < -0.39 is 0 Å². The fraction of sp³-hybridized carbons (Fsp3) is 0.286. The van der Waals surface area contributed by atoms with Crippen molar-refractivity contribution in [2.75, 3.05) is 17.2 Å². The second-order valence-corrected chi connectivity index (χ2v) is 5.14. The van der Waals surface area contributed by atoms with Crippen LogP contribution in [0.1, 0.15) is 19.8 Å². The molecule has 2 N–H and O–H groups in total. The van der Waals surface area contributed by atoms with Gasteiger partial charge in [0.15, 0.2) is 0 Å². The summed E-state index contributed by atoms with van der Waals surface area (Å²) < 4.78 is 0. The summed E-state index contributed by atoms with van der Waals surface area (Å²) >= 11 is 12.0. The normalized spacial score (nSPS) is 10.3. The molecule has 0 aliphatic heterocycles. The number of hydrogen-bond acceptors (Lipinski definition) is 4. The van der Waals surface area contributed by atoms with Crippen molar-refractivity contribution in [2.45, 2.75) is 19.8 Å². The molecule has 1 aromatic heterocycles. The minimum atomic E-state index is 0.496. The summed E-state index contributed by atoms with van der Waals surface area (Å²) in [4.78, 5) is 8.55. The zero-order valence-electron chi connectivity index (χ0n) is 11.2. The number of nitrogens with zero attached hydrogens (tertiary/aromatic N) is 2. The van der Waals surface area contributed by atoms with Gasteiger partial charge in [-0.15, -0.1) is 0 Å². The first-order valence-electron chi connectivity index (χ1n) is 6.48. The maximum atomic E-state index is 6.10. The number of rotatable bonds is 6. The number of anilines is 3. The summed E-state index contributed by atoms with van der Waals surface area (Å²) in [6.07, 6.45) is 3.95. The fourth-order valence-electron chi connectivity index (χ4n) is 1.62. The molecule has 2 aromatic rings. The van der Waals surface area contributed by atoms with Gasteiger partial charge in [-0.05, 0) is 30.7 Å². The third-order valence-electron chi connectivity index (χ3n) is 2.67. The van der Waals surface area contributed by atoms with Gasteiger partial charge in [0.05, 0.1) is 10.7 Å². The predicted octanol–water partition coefficient (Wildman–Crippen LogP) is 4.74. The maximum Gasteiger partial charge on any atom is 0.229 e. The molecule has 0 unspecified atom stereocenters. The van der Waals surface area contributed by atoms with E-state index in [-0.39, 0.29) is 0 Å². The Morgan fingerprint density at radius 1 is 1.20 bits per heavy atom. The summed E-state index contributed by atoms with van der Waals surface area (Å²) in [7, 11) is 0. The topological polar surface area (TPSA) is 49.8 Å². The second-order valence-electron chi connectivity index (χ2n) is 4.29. The molecule has 0 aliphatic rings. The molecule has 106 valence electrons. The van der Waals surface area contributed by atoms with E-state index in [1.54, 1.807) is 24.4 Å². The standard InChI is InChI=1S/C14H16Cl2N4/c1-2-3-7-17-13-6-8-18-14(20-13)19-12-5-4-10(15)9-11(12)16/h4-6,8-9H,2-3,7H2,1H3,(H2,17,18,19,20). The van der Waals surface area contributed by atoms with Crippen molar-refractivity contribution in [2.24, 2.45) is 0 Å². The van der Waals surface area contributed by atoms with Crippen LogP contribution in [0.2, 0.25) is 10.0 Å². The average molecular weight is 311 g/mol. The van der Waals surface area contributed by atoms with Crippen molar-refractivity contribution in [3.05, 3.63) is 40.5 Å². The fourth-order valence-corrected chi connectivity index (χ4v) is 2.08. The minimum absolute atomic E-state index is 0.496. The summed E-state index contributed by atoms with van der Waals surface area (Å²) in [5.74, 6) is 1.29. The molecule has 6 heteroatoms. The molecule has 0 fully saturated rings. The van der Waals surface area contributed by atoms with E-state index in [4.69, 9.17) is 23.2 Å². The Bertz CT molecular complexity index is 575. The number of unbranched alkanes of at least 4 members (excludes halogenated alkanes) is 1. The number of hydrogen-bond donors (Lipinski definition) is 2. The quantitative estimate of drug-likeness (QED) is 0.757. The largest absolute Gasteiger partial charge is 0.370 e. The monoisotopic (exact) mass is 310 g/mol. The zero-order chi connectivity index (χ0) is 14.4. The van der Waals surface area contributed by atoms with E-state index >= 15 is 0 Å². The molecule has 0 atom stereocenters. The third kappa shape index (κ3) is 4.25. The van der Waals surface area contributed by atoms with E-state index in [2.05, 4.69) is 27.5 Å². The van der Waals surface area contributed by atoms with Gasteiger partial charge in [-0.25, -0.2) is 4.98 Å². The van der Waals surface area contributed by atoms with Crippen LogP contribution >= 0.6 is 23.2 Å². The van der Waals surface area contributed by atoms with E-state index in [0.29, 0.717) is 16.0 Å². The highest BCUT2D eigenvalue weighted by Crippen LogP contribution is 2.27. The first-order valence-corrected chi connectivity index (χ1v) is 7.23. The molecule has 0 aliphatic carbocycles. The summed E-state index contributed by atoms with van der Waals surface area (Å²) in [5.41, 5.74) is 0.724. The van der Waals surface area contributed by atoms with Gasteiger partial charge in [0.1, 0.15) is 5.82 Å². The maximum absolute atomic E-state index is 6.10. The van der Waals surface area contributed by atoms with E-state index in [1.807, 2.05) is 6.07 Å². The molecular formula is C14H16Cl2N4. The number of nitrogens with one attached hydrogen (secondary N) is 2. The van der Waals surface area contributed by atoms with Crippen molar-refractivity contribution in [1.29, 1.82) is 0 Å². The van der Waals surface area contributed by atoms with Crippen LogP contribution in [0.4, 0.5) is 17.5 Å². The number of halogens is 2. The zero-order valence-corrected chi connectivity index (χ0v) is 12.7. The lowest BCUT2D eigenvalue weighted by Gasteiger charge is -2.09. The summed E-state index contributed by atoms with van der Waals surface area (Å²) in [6.45, 7) is 3.05. The van der Waals surface area contributed by atoms with Gasteiger partial charge >= 0.3 is 0 Å². The van der Waals surface area contributed by atoms with Crippen LogP contribution in [-0.4, -0.2) is 16.5 Å². The van der Waals surface area contributed by atoms with Gasteiger partial charge in [0.2, 0.25) is 5.95 Å². The van der Waals surface area contributed by atoms with Crippen molar-refractivity contribution >= 4 is 40.7 Å². The molecule has 2 rings (SSSR count). The molecule has 4 nitrogen and oxygen atoms in total. The molecule has 0 amide bonds. The van der Waals surface area contributed by atoms with E-state index in [9.17, 15) is 0 Å². The van der Waals surface area contributed by atoms with Crippen molar-refractivity contribution in [1.82, 2.24) is 9.97 Å². The summed E-state index contributed by atoms with van der Waals surface area (Å²) in [5, 5.41) is 7.45. The van der Waals surface area contributed by atoms with Gasteiger partial charge in [0, 0.05) is 17.8 Å². The van der Waals surface area contributed by atoms with Crippen LogP contribution in [0, 0.1) is 0 Å². The van der Waals surface area contributed by atoms with Crippen LogP contribution in [-0.2, 0) is 0 Å². The van der Waals surface area contributed by atoms with Crippen LogP contribution in [0.25, 0.3) is 0 Å². The van der Waals surface area contributed by atoms with Crippen molar-refractivity contribution < 1.29 is 0 Å². The molecule has 0 radical (unpaired) electrons. The van der Waals surface area contributed by atoms with E-state index in [1.165, 1.54) is 0 Å². The predicted molar refractivity (Wildman–Crippen MR) is 85.2 cm³/mol. The molecule has 20 heavy (non-hydrogen) atoms. The van der Waals surface area contributed by atoms with Gasteiger partial charge in [-0.3, -0.25) is 0 Å². The van der Waals surface area contributed by atoms with E-state index in [0.717, 1.165) is 30.9 Å². The second kappa shape index (κ2) is 7.31. The smallest absolute Gasteiger partial charge is 0.229 e. The Hall–Kier alpha value is -1.52. The lowest BCUT2D eigenvalue weighted by molar-refractivity contribution is 0.830. The van der Waals surface area contributed by atoms with Crippen LogP contribution in [0.5, 0.6) is 0 Å². The molecule has 1 aromatic carbocycles. The van der Waals surface area contributed by atoms with Crippen molar-refractivity contribution in [3.8, 4) is 0 Å². The van der Waals surface area contributed by atoms with Crippen LogP contribution in [0.3, 0.4) is 0 Å². The number of benzene rings is 1. The lowest BCUT2D eigenvalue weighted by Crippen LogP contribution is -2.05. The Morgan fingerprint density at radius 2 is 2.05 bits per heavy atom. The highest BCUT2D eigenvalue weighted by molar-refractivity contribution is 6.36. The Labute approximate surface area is 128 Å². The van der Waals surface area contributed by atoms with Gasteiger partial charge in [-0.1, -0.05) is 36.5 Å². The van der Waals surface area contributed by atoms with Gasteiger partial charge < -0.3 is 10.6 Å². The molecule has 0 saturated heterocycles.